The monoisotopic (exact) mass is 417 g/mol. The number of piperazine rings is 1. The Morgan fingerprint density at radius 3 is 2.44 bits per heavy atom. The van der Waals surface area contributed by atoms with Gasteiger partial charge in [-0.15, -0.1) is 0 Å². The maximum atomic E-state index is 12.4. The van der Waals surface area contributed by atoms with Crippen LogP contribution < -0.4 is 4.90 Å². The molecule has 1 saturated heterocycles. The summed E-state index contributed by atoms with van der Waals surface area (Å²) in [6.45, 7) is 2.91. The molecule has 27 heavy (non-hydrogen) atoms. The van der Waals surface area contributed by atoms with Gasteiger partial charge in [-0.2, -0.15) is 0 Å². The Morgan fingerprint density at radius 2 is 1.70 bits per heavy atom. The number of thiazole rings is 1. The zero-order valence-electron chi connectivity index (χ0n) is 14.4. The van der Waals surface area contributed by atoms with Gasteiger partial charge in [-0.25, -0.2) is 4.98 Å². The van der Waals surface area contributed by atoms with Crippen molar-refractivity contribution in [3.05, 3.63) is 64.1 Å². The molecular weight excluding hydrogens is 401 g/mol. The van der Waals surface area contributed by atoms with Crippen LogP contribution in [-0.4, -0.2) is 42.0 Å². The molecule has 0 atom stereocenters. The van der Waals surface area contributed by atoms with Crippen LogP contribution in [0, 0.1) is 0 Å². The predicted molar refractivity (Wildman–Crippen MR) is 114 cm³/mol. The van der Waals surface area contributed by atoms with Gasteiger partial charge in [0.25, 0.3) is 0 Å². The van der Waals surface area contributed by atoms with Gasteiger partial charge in [-0.05, 0) is 42.0 Å². The Bertz CT molecular complexity index is 992. The van der Waals surface area contributed by atoms with Crippen molar-refractivity contribution in [1.82, 2.24) is 9.88 Å². The highest BCUT2D eigenvalue weighted by Gasteiger charge is 2.22. The maximum absolute atomic E-state index is 12.4. The quantitative estimate of drug-likeness (QED) is 0.564. The van der Waals surface area contributed by atoms with E-state index in [0.717, 1.165) is 39.0 Å². The molecule has 4 nitrogen and oxygen atoms in total. The molecule has 1 fully saturated rings. The standard InChI is InChI=1S/C20H17Cl2N3OS/c21-15-4-1-14(2-5-15)3-8-19(26)24-9-11-25(12-10-24)20-23-17-7-6-16(22)13-18(17)27-20/h1-8,13H,9-12H2/b8-3+. The van der Waals surface area contributed by atoms with Crippen molar-refractivity contribution in [2.75, 3.05) is 31.1 Å². The van der Waals surface area contributed by atoms with Gasteiger partial charge in [-0.1, -0.05) is 46.7 Å². The molecule has 138 valence electrons. The number of rotatable bonds is 3. The number of amides is 1. The van der Waals surface area contributed by atoms with E-state index >= 15 is 0 Å². The van der Waals surface area contributed by atoms with Gasteiger partial charge >= 0.3 is 0 Å². The molecular formula is C20H17Cl2N3OS. The second-order valence-electron chi connectivity index (χ2n) is 6.31. The summed E-state index contributed by atoms with van der Waals surface area (Å²) >= 11 is 13.6. The molecule has 3 aromatic rings. The summed E-state index contributed by atoms with van der Waals surface area (Å²) in [5.41, 5.74) is 1.92. The molecule has 1 amide bonds. The average molecular weight is 418 g/mol. The third-order valence-corrected chi connectivity index (χ3v) is 6.06. The number of hydrogen-bond donors (Lipinski definition) is 0. The predicted octanol–water partition coefficient (Wildman–Crippen LogP) is 4.97. The first kappa shape index (κ1) is 18.3. The van der Waals surface area contributed by atoms with E-state index in [-0.39, 0.29) is 5.91 Å². The number of nitrogens with zero attached hydrogens (tertiary/aromatic N) is 3. The van der Waals surface area contributed by atoms with Gasteiger partial charge < -0.3 is 9.80 Å². The average Bonchev–Trinajstić information content (AvgIpc) is 3.10. The summed E-state index contributed by atoms with van der Waals surface area (Å²) in [5.74, 6) is 0.0284. The van der Waals surface area contributed by atoms with Gasteiger partial charge in [0.15, 0.2) is 5.13 Å². The van der Waals surface area contributed by atoms with E-state index < -0.39 is 0 Å². The minimum absolute atomic E-state index is 0.0284. The zero-order chi connectivity index (χ0) is 18.8. The Morgan fingerprint density at radius 1 is 1.00 bits per heavy atom. The summed E-state index contributed by atoms with van der Waals surface area (Å²) in [6, 6.07) is 13.2. The first-order valence-corrected chi connectivity index (χ1v) is 10.2. The number of benzene rings is 2. The third-order valence-electron chi connectivity index (χ3n) is 4.49. The van der Waals surface area contributed by atoms with E-state index in [1.165, 1.54) is 0 Å². The van der Waals surface area contributed by atoms with Crippen LogP contribution in [-0.2, 0) is 4.79 Å². The van der Waals surface area contributed by atoms with Gasteiger partial charge in [0, 0.05) is 42.3 Å². The summed E-state index contributed by atoms with van der Waals surface area (Å²) in [7, 11) is 0. The molecule has 4 rings (SSSR count). The zero-order valence-corrected chi connectivity index (χ0v) is 16.8. The van der Waals surface area contributed by atoms with Crippen molar-refractivity contribution in [3.8, 4) is 0 Å². The van der Waals surface area contributed by atoms with Gasteiger partial charge in [0.05, 0.1) is 10.2 Å². The lowest BCUT2D eigenvalue weighted by atomic mass is 10.2. The molecule has 0 N–H and O–H groups in total. The lowest BCUT2D eigenvalue weighted by Crippen LogP contribution is -2.48. The molecule has 1 aliphatic rings. The Kier molecular flexibility index (Phi) is 5.34. The first-order chi connectivity index (χ1) is 13.1. The molecule has 0 saturated carbocycles. The molecule has 7 heteroatoms. The SMILES string of the molecule is O=C(/C=C/c1ccc(Cl)cc1)N1CCN(c2nc3ccc(Cl)cc3s2)CC1. The molecule has 0 aliphatic carbocycles. The largest absolute Gasteiger partial charge is 0.345 e. The number of carbonyl (C=O) groups excluding carboxylic acids is 1. The van der Waals surface area contributed by atoms with Crippen LogP contribution in [0.4, 0.5) is 5.13 Å². The molecule has 1 aliphatic heterocycles. The van der Waals surface area contributed by atoms with E-state index in [9.17, 15) is 4.79 Å². The molecule has 2 aromatic carbocycles. The highest BCUT2D eigenvalue weighted by atomic mass is 35.5. The molecule has 0 bridgehead atoms. The minimum Gasteiger partial charge on any atom is -0.345 e. The maximum Gasteiger partial charge on any atom is 0.246 e. The normalized spacial score (nSPS) is 15.0. The van der Waals surface area contributed by atoms with Crippen LogP contribution in [0.15, 0.2) is 48.5 Å². The smallest absolute Gasteiger partial charge is 0.246 e. The van der Waals surface area contributed by atoms with Gasteiger partial charge in [0.1, 0.15) is 0 Å². The molecule has 1 aromatic heterocycles. The number of halogens is 2. The van der Waals surface area contributed by atoms with Crippen molar-refractivity contribution < 1.29 is 4.79 Å². The Labute approximate surface area is 171 Å². The van der Waals surface area contributed by atoms with E-state index in [1.54, 1.807) is 17.4 Å². The Balaban J connectivity index is 1.37. The first-order valence-electron chi connectivity index (χ1n) is 8.62. The van der Waals surface area contributed by atoms with Crippen LogP contribution in [0.3, 0.4) is 0 Å². The number of fused-ring (bicyclic) bond motifs is 1. The fourth-order valence-electron chi connectivity index (χ4n) is 2.99. The summed E-state index contributed by atoms with van der Waals surface area (Å²) in [6.07, 6.45) is 3.45. The molecule has 0 spiro atoms. The topological polar surface area (TPSA) is 36.4 Å². The molecule has 0 radical (unpaired) electrons. The number of carbonyl (C=O) groups is 1. The lowest BCUT2D eigenvalue weighted by molar-refractivity contribution is -0.126. The van der Waals surface area contributed by atoms with Crippen molar-refractivity contribution >= 4 is 61.9 Å². The van der Waals surface area contributed by atoms with Crippen molar-refractivity contribution in [2.24, 2.45) is 0 Å². The molecule has 2 heterocycles. The second-order valence-corrected chi connectivity index (χ2v) is 8.19. The molecule has 0 unspecified atom stereocenters. The van der Waals surface area contributed by atoms with Crippen LogP contribution in [0.25, 0.3) is 16.3 Å². The van der Waals surface area contributed by atoms with Crippen molar-refractivity contribution in [3.63, 3.8) is 0 Å². The van der Waals surface area contributed by atoms with E-state index in [4.69, 9.17) is 23.2 Å². The van der Waals surface area contributed by atoms with Crippen LogP contribution in [0.5, 0.6) is 0 Å². The Hall–Kier alpha value is -2.08. The highest BCUT2D eigenvalue weighted by molar-refractivity contribution is 7.22. The second kappa shape index (κ2) is 7.89. The van der Waals surface area contributed by atoms with Crippen LogP contribution in [0.2, 0.25) is 10.0 Å². The lowest BCUT2D eigenvalue weighted by Gasteiger charge is -2.34. The fraction of sp³-hybridized carbons (Fsp3) is 0.200. The van der Waals surface area contributed by atoms with E-state index in [0.29, 0.717) is 18.1 Å². The summed E-state index contributed by atoms with van der Waals surface area (Å²) < 4.78 is 1.09. The fourth-order valence-corrected chi connectivity index (χ4v) is 4.41. The number of anilines is 1. The summed E-state index contributed by atoms with van der Waals surface area (Å²) in [4.78, 5) is 21.2. The van der Waals surface area contributed by atoms with E-state index in [1.807, 2.05) is 53.4 Å². The van der Waals surface area contributed by atoms with Gasteiger partial charge in [0.2, 0.25) is 5.91 Å². The third kappa shape index (κ3) is 4.26. The van der Waals surface area contributed by atoms with Crippen LogP contribution in [0.1, 0.15) is 5.56 Å². The minimum atomic E-state index is 0.0284. The number of hydrogen-bond acceptors (Lipinski definition) is 4. The number of aromatic nitrogens is 1. The van der Waals surface area contributed by atoms with Crippen molar-refractivity contribution in [1.29, 1.82) is 0 Å². The van der Waals surface area contributed by atoms with Crippen LogP contribution >= 0.6 is 34.5 Å². The summed E-state index contributed by atoms with van der Waals surface area (Å²) in [5, 5.41) is 2.39. The van der Waals surface area contributed by atoms with Gasteiger partial charge in [-0.3, -0.25) is 4.79 Å². The van der Waals surface area contributed by atoms with Crippen molar-refractivity contribution in [2.45, 2.75) is 0 Å². The highest BCUT2D eigenvalue weighted by Crippen LogP contribution is 2.31. The van der Waals surface area contributed by atoms with E-state index in [2.05, 4.69) is 9.88 Å².